The Balaban J connectivity index is 1.76. The molecule has 0 aromatic carbocycles. The molecule has 1 N–H and O–H groups in total. The van der Waals surface area contributed by atoms with Crippen molar-refractivity contribution in [3.63, 3.8) is 0 Å². The Kier molecular flexibility index (Phi) is 5.35. The number of hydrogen-bond acceptors (Lipinski definition) is 3. The average Bonchev–Trinajstić information content (AvgIpc) is 2.85. The number of rotatable bonds is 5. The van der Waals surface area contributed by atoms with Gasteiger partial charge in [-0.05, 0) is 37.8 Å². The van der Waals surface area contributed by atoms with E-state index in [1.54, 1.807) is 0 Å². The van der Waals surface area contributed by atoms with E-state index in [0.29, 0.717) is 24.8 Å². The molecule has 4 heteroatoms. The summed E-state index contributed by atoms with van der Waals surface area (Å²) in [4.78, 5) is 25.8. The number of amides is 1. The van der Waals surface area contributed by atoms with Crippen LogP contribution in [-0.4, -0.2) is 17.7 Å². The van der Waals surface area contributed by atoms with Crippen LogP contribution >= 0.6 is 11.3 Å². The van der Waals surface area contributed by atoms with Crippen LogP contribution in [0.15, 0.2) is 12.1 Å². The Hall–Kier alpha value is -1.16. The minimum Gasteiger partial charge on any atom is -0.353 e. The highest BCUT2D eigenvalue weighted by molar-refractivity contribution is 7.14. The van der Waals surface area contributed by atoms with E-state index >= 15 is 0 Å². The molecule has 1 aliphatic rings. The second-order valence-electron chi connectivity index (χ2n) is 5.77. The van der Waals surface area contributed by atoms with E-state index in [4.69, 9.17) is 0 Å². The first-order chi connectivity index (χ1) is 9.56. The van der Waals surface area contributed by atoms with Gasteiger partial charge in [0.2, 0.25) is 5.91 Å². The lowest BCUT2D eigenvalue weighted by Crippen LogP contribution is -2.41. The fourth-order valence-corrected chi connectivity index (χ4v) is 3.58. The maximum Gasteiger partial charge on any atom is 0.220 e. The molecule has 110 valence electrons. The van der Waals surface area contributed by atoms with Crippen molar-refractivity contribution >= 4 is 23.0 Å². The third kappa shape index (κ3) is 4.17. The van der Waals surface area contributed by atoms with Gasteiger partial charge in [0.25, 0.3) is 0 Å². The van der Waals surface area contributed by atoms with Gasteiger partial charge in [-0.1, -0.05) is 19.8 Å². The number of thiophene rings is 1. The number of Topliss-reactive ketones (excluding diaryl/α,β-unsaturated/α-hetero) is 1. The summed E-state index contributed by atoms with van der Waals surface area (Å²) < 4.78 is 0. The number of carbonyl (C=O) groups is 2. The van der Waals surface area contributed by atoms with Gasteiger partial charge in [-0.3, -0.25) is 9.59 Å². The van der Waals surface area contributed by atoms with Crippen LogP contribution in [0.1, 0.15) is 60.0 Å². The quantitative estimate of drug-likeness (QED) is 0.841. The van der Waals surface area contributed by atoms with E-state index < -0.39 is 0 Å². The highest BCUT2D eigenvalue weighted by Gasteiger charge is 2.22. The van der Waals surface area contributed by atoms with E-state index in [1.807, 2.05) is 19.1 Å². The first kappa shape index (κ1) is 15.2. The third-order valence-electron chi connectivity index (χ3n) is 4.05. The standard InChI is InChI=1S/C16H23NO2S/c1-11-5-3-4-6-13(11)17-16(19)10-8-14(18)15-9-7-12(2)20-15/h7,9,11,13H,3-6,8,10H2,1-2H3,(H,17,19)/t11-,13-/m1/s1. The van der Waals surface area contributed by atoms with Crippen LogP contribution in [-0.2, 0) is 4.79 Å². The summed E-state index contributed by atoms with van der Waals surface area (Å²) in [5, 5.41) is 3.09. The van der Waals surface area contributed by atoms with Crippen molar-refractivity contribution < 1.29 is 9.59 Å². The Morgan fingerprint density at radius 2 is 2.00 bits per heavy atom. The lowest BCUT2D eigenvalue weighted by molar-refractivity contribution is -0.122. The second kappa shape index (κ2) is 7.02. The van der Waals surface area contributed by atoms with Crippen LogP contribution in [0.5, 0.6) is 0 Å². The molecular formula is C16H23NO2S. The zero-order valence-corrected chi connectivity index (χ0v) is 13.1. The minimum atomic E-state index is 0.0189. The highest BCUT2D eigenvalue weighted by atomic mass is 32.1. The molecule has 2 rings (SSSR count). The zero-order valence-electron chi connectivity index (χ0n) is 12.3. The van der Waals surface area contributed by atoms with Crippen molar-refractivity contribution in [2.45, 2.75) is 58.4 Å². The second-order valence-corrected chi connectivity index (χ2v) is 7.06. The van der Waals surface area contributed by atoms with Crippen molar-refractivity contribution in [1.82, 2.24) is 5.32 Å². The van der Waals surface area contributed by atoms with E-state index in [-0.39, 0.29) is 11.7 Å². The van der Waals surface area contributed by atoms with Gasteiger partial charge >= 0.3 is 0 Å². The number of aryl methyl sites for hydroxylation is 1. The first-order valence-corrected chi connectivity index (χ1v) is 8.27. The summed E-state index contributed by atoms with van der Waals surface area (Å²) in [5.41, 5.74) is 0. The van der Waals surface area contributed by atoms with Crippen LogP contribution in [0, 0.1) is 12.8 Å². The molecule has 0 spiro atoms. The van der Waals surface area contributed by atoms with Crippen molar-refractivity contribution in [2.75, 3.05) is 0 Å². The van der Waals surface area contributed by atoms with Crippen LogP contribution in [0.3, 0.4) is 0 Å². The van der Waals surface area contributed by atoms with Crippen molar-refractivity contribution in [1.29, 1.82) is 0 Å². The lowest BCUT2D eigenvalue weighted by Gasteiger charge is -2.29. The average molecular weight is 293 g/mol. The molecule has 0 radical (unpaired) electrons. The summed E-state index contributed by atoms with van der Waals surface area (Å²) in [6, 6.07) is 4.10. The monoisotopic (exact) mass is 293 g/mol. The molecule has 1 aromatic heterocycles. The van der Waals surface area contributed by atoms with Gasteiger partial charge < -0.3 is 5.32 Å². The highest BCUT2D eigenvalue weighted by Crippen LogP contribution is 2.24. The topological polar surface area (TPSA) is 46.2 Å². The predicted molar refractivity (Wildman–Crippen MR) is 82.2 cm³/mol. The summed E-state index contributed by atoms with van der Waals surface area (Å²) >= 11 is 1.50. The Bertz CT molecular complexity index is 481. The fraction of sp³-hybridized carbons (Fsp3) is 0.625. The van der Waals surface area contributed by atoms with E-state index in [2.05, 4.69) is 12.2 Å². The SMILES string of the molecule is Cc1ccc(C(=O)CCC(=O)N[C@@H]2CCCC[C@H]2C)s1. The van der Waals surface area contributed by atoms with Gasteiger partial charge in [0.15, 0.2) is 5.78 Å². The van der Waals surface area contributed by atoms with E-state index in [0.717, 1.165) is 16.2 Å². The molecule has 1 fully saturated rings. The number of ketones is 1. The van der Waals surface area contributed by atoms with Gasteiger partial charge in [-0.2, -0.15) is 0 Å². The predicted octanol–water partition coefficient (Wildman–Crippen LogP) is 3.71. The smallest absolute Gasteiger partial charge is 0.220 e. The van der Waals surface area contributed by atoms with Crippen molar-refractivity contribution in [3.8, 4) is 0 Å². The molecule has 0 aliphatic heterocycles. The molecule has 0 bridgehead atoms. The maximum atomic E-state index is 11.9. The molecule has 0 saturated heterocycles. The molecule has 1 aromatic rings. The zero-order chi connectivity index (χ0) is 14.5. The van der Waals surface area contributed by atoms with Crippen LogP contribution in [0.4, 0.5) is 0 Å². The van der Waals surface area contributed by atoms with Crippen LogP contribution < -0.4 is 5.32 Å². The van der Waals surface area contributed by atoms with Gasteiger partial charge in [0.05, 0.1) is 4.88 Å². The number of nitrogens with one attached hydrogen (secondary N) is 1. The first-order valence-electron chi connectivity index (χ1n) is 7.45. The van der Waals surface area contributed by atoms with Crippen LogP contribution in [0.25, 0.3) is 0 Å². The summed E-state index contributed by atoms with van der Waals surface area (Å²) in [6.07, 6.45) is 5.35. The Morgan fingerprint density at radius 3 is 2.65 bits per heavy atom. The van der Waals surface area contributed by atoms with E-state index in [1.165, 1.54) is 30.6 Å². The molecule has 20 heavy (non-hydrogen) atoms. The van der Waals surface area contributed by atoms with Crippen LogP contribution in [0.2, 0.25) is 0 Å². The number of hydrogen-bond donors (Lipinski definition) is 1. The van der Waals surface area contributed by atoms with Crippen molar-refractivity contribution in [3.05, 3.63) is 21.9 Å². The van der Waals surface area contributed by atoms with Gasteiger partial charge in [0.1, 0.15) is 0 Å². The maximum absolute atomic E-state index is 11.9. The normalized spacial score (nSPS) is 22.5. The van der Waals surface area contributed by atoms with E-state index in [9.17, 15) is 9.59 Å². The van der Waals surface area contributed by atoms with Crippen molar-refractivity contribution in [2.24, 2.45) is 5.92 Å². The largest absolute Gasteiger partial charge is 0.353 e. The van der Waals surface area contributed by atoms with Gasteiger partial charge in [0, 0.05) is 23.8 Å². The molecule has 1 amide bonds. The third-order valence-corrected chi connectivity index (χ3v) is 5.09. The molecule has 1 aliphatic carbocycles. The summed E-state index contributed by atoms with van der Waals surface area (Å²) in [5.74, 6) is 0.656. The fourth-order valence-electron chi connectivity index (χ4n) is 2.74. The molecule has 1 saturated carbocycles. The summed E-state index contributed by atoms with van der Waals surface area (Å²) in [7, 11) is 0. The molecule has 3 nitrogen and oxygen atoms in total. The van der Waals surface area contributed by atoms with Gasteiger partial charge in [-0.15, -0.1) is 11.3 Å². The Labute approximate surface area is 124 Å². The summed E-state index contributed by atoms with van der Waals surface area (Å²) in [6.45, 7) is 4.18. The molecule has 1 heterocycles. The molecule has 0 unspecified atom stereocenters. The Morgan fingerprint density at radius 1 is 1.25 bits per heavy atom. The lowest BCUT2D eigenvalue weighted by atomic mass is 9.86. The minimum absolute atomic E-state index is 0.0189. The van der Waals surface area contributed by atoms with Gasteiger partial charge in [-0.25, -0.2) is 0 Å². The number of carbonyl (C=O) groups excluding carboxylic acids is 2. The molecular weight excluding hydrogens is 270 g/mol. The molecule has 2 atom stereocenters.